The number of nitrogens with zero attached hydrogens (tertiary/aromatic N) is 2. The molecular formula is C22H24N2O4. The quantitative estimate of drug-likeness (QED) is 0.816. The Hall–Kier alpha value is -2.28. The highest BCUT2D eigenvalue weighted by Crippen LogP contribution is 2.36. The van der Waals surface area contributed by atoms with E-state index in [0.717, 1.165) is 29.5 Å². The van der Waals surface area contributed by atoms with E-state index in [1.54, 1.807) is 12.4 Å². The van der Waals surface area contributed by atoms with Gasteiger partial charge in [-0.1, -0.05) is 6.07 Å². The van der Waals surface area contributed by atoms with Crippen LogP contribution in [0.25, 0.3) is 0 Å². The largest absolute Gasteiger partial charge is 0.373 e. The summed E-state index contributed by atoms with van der Waals surface area (Å²) < 4.78 is 17.6. The Kier molecular flexibility index (Phi) is 4.62. The van der Waals surface area contributed by atoms with Crippen LogP contribution in [0.15, 0.2) is 42.7 Å². The van der Waals surface area contributed by atoms with Crippen LogP contribution in [-0.4, -0.2) is 47.2 Å². The number of aromatic nitrogens is 1. The van der Waals surface area contributed by atoms with Crippen LogP contribution >= 0.6 is 0 Å². The highest BCUT2D eigenvalue weighted by Gasteiger charge is 2.49. The Labute approximate surface area is 164 Å². The van der Waals surface area contributed by atoms with Crippen LogP contribution in [-0.2, 0) is 34.0 Å². The van der Waals surface area contributed by atoms with Gasteiger partial charge in [-0.05, 0) is 47.4 Å². The van der Waals surface area contributed by atoms with Gasteiger partial charge in [-0.25, -0.2) is 0 Å². The third-order valence-corrected chi connectivity index (χ3v) is 5.90. The summed E-state index contributed by atoms with van der Waals surface area (Å²) in [5.41, 5.74) is 3.92. The molecule has 0 aliphatic carbocycles. The normalized spacial score (nSPS) is 22.7. The summed E-state index contributed by atoms with van der Waals surface area (Å²) in [5, 5.41) is 0. The molecule has 1 unspecified atom stereocenters. The highest BCUT2D eigenvalue weighted by atomic mass is 16.5. The number of hydrogen-bond donors (Lipinski definition) is 0. The minimum atomic E-state index is -0.253. The van der Waals surface area contributed by atoms with E-state index in [1.807, 2.05) is 35.2 Å². The van der Waals surface area contributed by atoms with Crippen LogP contribution < -0.4 is 0 Å². The van der Waals surface area contributed by atoms with E-state index in [1.165, 1.54) is 5.56 Å². The van der Waals surface area contributed by atoms with Gasteiger partial charge in [-0.2, -0.15) is 0 Å². The van der Waals surface area contributed by atoms with E-state index in [4.69, 9.17) is 14.2 Å². The first-order chi connectivity index (χ1) is 13.7. The molecule has 1 aromatic heterocycles. The summed E-state index contributed by atoms with van der Waals surface area (Å²) in [5.74, 6) is 0.0729. The van der Waals surface area contributed by atoms with E-state index in [0.29, 0.717) is 39.5 Å². The lowest BCUT2D eigenvalue weighted by atomic mass is 9.84. The number of carbonyl (C=O) groups excluding carboxylic acids is 1. The van der Waals surface area contributed by atoms with E-state index < -0.39 is 0 Å². The topological polar surface area (TPSA) is 60.9 Å². The molecule has 1 amide bonds. The van der Waals surface area contributed by atoms with Gasteiger partial charge in [0.25, 0.3) is 5.91 Å². The number of amides is 1. The van der Waals surface area contributed by atoms with Gasteiger partial charge in [-0.3, -0.25) is 9.78 Å². The number of benzene rings is 1. The summed E-state index contributed by atoms with van der Waals surface area (Å²) in [4.78, 5) is 18.7. The van der Waals surface area contributed by atoms with Gasteiger partial charge in [0.1, 0.15) is 5.60 Å². The SMILES string of the molecule is O=C(c1ccc2c(c1)COC2)N1CC2(CC(OCc3ccncc3)CCO2)C1. The Morgan fingerprint density at radius 1 is 1.18 bits per heavy atom. The first-order valence-corrected chi connectivity index (χ1v) is 9.84. The average molecular weight is 380 g/mol. The lowest BCUT2D eigenvalue weighted by Gasteiger charge is -2.53. The zero-order valence-electron chi connectivity index (χ0n) is 15.8. The van der Waals surface area contributed by atoms with Gasteiger partial charge in [0.2, 0.25) is 0 Å². The molecule has 6 heteroatoms. The molecular weight excluding hydrogens is 356 g/mol. The lowest BCUT2D eigenvalue weighted by molar-refractivity contribution is -0.188. The summed E-state index contributed by atoms with van der Waals surface area (Å²) >= 11 is 0. The molecule has 28 heavy (non-hydrogen) atoms. The number of ether oxygens (including phenoxy) is 3. The molecule has 5 rings (SSSR count). The van der Waals surface area contributed by atoms with Crippen molar-refractivity contribution in [2.45, 2.75) is 44.4 Å². The zero-order chi connectivity index (χ0) is 19.0. The Morgan fingerprint density at radius 2 is 2.00 bits per heavy atom. The van der Waals surface area contributed by atoms with Crippen molar-refractivity contribution in [3.8, 4) is 0 Å². The van der Waals surface area contributed by atoms with E-state index in [-0.39, 0.29) is 17.6 Å². The Balaban J connectivity index is 1.17. The molecule has 2 fully saturated rings. The molecule has 146 valence electrons. The second kappa shape index (κ2) is 7.28. The van der Waals surface area contributed by atoms with Crippen LogP contribution in [0.3, 0.4) is 0 Å². The van der Waals surface area contributed by atoms with E-state index >= 15 is 0 Å². The molecule has 1 atom stereocenters. The molecule has 2 aromatic rings. The fourth-order valence-electron chi connectivity index (χ4n) is 4.32. The molecule has 0 N–H and O–H groups in total. The average Bonchev–Trinajstić information content (AvgIpc) is 3.19. The summed E-state index contributed by atoms with van der Waals surface area (Å²) in [6, 6.07) is 9.83. The minimum Gasteiger partial charge on any atom is -0.373 e. The third kappa shape index (κ3) is 3.43. The summed E-state index contributed by atoms with van der Waals surface area (Å²) in [6.45, 7) is 3.77. The molecule has 4 heterocycles. The summed E-state index contributed by atoms with van der Waals surface area (Å²) in [6.07, 6.45) is 5.46. The maximum absolute atomic E-state index is 12.8. The van der Waals surface area contributed by atoms with Crippen LogP contribution in [0.5, 0.6) is 0 Å². The number of rotatable bonds is 4. The van der Waals surface area contributed by atoms with Gasteiger partial charge in [0.05, 0.1) is 39.0 Å². The number of fused-ring (bicyclic) bond motifs is 1. The maximum Gasteiger partial charge on any atom is 0.254 e. The van der Waals surface area contributed by atoms with Gasteiger partial charge in [-0.15, -0.1) is 0 Å². The van der Waals surface area contributed by atoms with E-state index in [2.05, 4.69) is 4.98 Å². The van der Waals surface area contributed by atoms with Crippen molar-refractivity contribution in [2.24, 2.45) is 0 Å². The maximum atomic E-state index is 12.8. The van der Waals surface area contributed by atoms with Crippen LogP contribution in [0.1, 0.15) is 39.9 Å². The van der Waals surface area contributed by atoms with Crippen molar-refractivity contribution in [3.05, 3.63) is 65.0 Å². The molecule has 3 aliphatic rings. The van der Waals surface area contributed by atoms with Crippen molar-refractivity contribution in [1.82, 2.24) is 9.88 Å². The second-order valence-electron chi connectivity index (χ2n) is 7.95. The van der Waals surface area contributed by atoms with Crippen molar-refractivity contribution in [3.63, 3.8) is 0 Å². The molecule has 3 aliphatic heterocycles. The first-order valence-electron chi connectivity index (χ1n) is 9.84. The Bertz CT molecular complexity index is 864. The van der Waals surface area contributed by atoms with Crippen molar-refractivity contribution < 1.29 is 19.0 Å². The number of hydrogen-bond acceptors (Lipinski definition) is 5. The number of likely N-dealkylation sites (tertiary alicyclic amines) is 1. The second-order valence-corrected chi connectivity index (χ2v) is 7.95. The molecule has 0 radical (unpaired) electrons. The molecule has 0 bridgehead atoms. The predicted octanol–water partition coefficient (Wildman–Crippen LogP) is 2.70. The lowest BCUT2D eigenvalue weighted by Crippen LogP contribution is -2.67. The fourth-order valence-corrected chi connectivity index (χ4v) is 4.32. The summed E-state index contributed by atoms with van der Waals surface area (Å²) in [7, 11) is 0. The predicted molar refractivity (Wildman–Crippen MR) is 102 cm³/mol. The third-order valence-electron chi connectivity index (χ3n) is 5.90. The molecule has 1 aromatic carbocycles. The monoisotopic (exact) mass is 380 g/mol. The molecule has 6 nitrogen and oxygen atoms in total. The minimum absolute atomic E-state index is 0.0729. The van der Waals surface area contributed by atoms with Crippen molar-refractivity contribution in [1.29, 1.82) is 0 Å². The van der Waals surface area contributed by atoms with Crippen molar-refractivity contribution >= 4 is 5.91 Å². The Morgan fingerprint density at radius 3 is 2.86 bits per heavy atom. The van der Waals surface area contributed by atoms with Crippen LogP contribution in [0, 0.1) is 0 Å². The van der Waals surface area contributed by atoms with Crippen LogP contribution in [0.4, 0.5) is 0 Å². The number of pyridine rings is 1. The first kappa shape index (κ1) is 17.8. The molecule has 2 saturated heterocycles. The fraction of sp³-hybridized carbons (Fsp3) is 0.455. The van der Waals surface area contributed by atoms with E-state index in [9.17, 15) is 4.79 Å². The van der Waals surface area contributed by atoms with Gasteiger partial charge < -0.3 is 19.1 Å². The van der Waals surface area contributed by atoms with Gasteiger partial charge in [0, 0.05) is 31.0 Å². The standard InChI is InChI=1S/C22H24N2O4/c25-21(17-1-2-18-12-26-13-19(18)9-17)24-14-22(15-24)10-20(5-8-28-22)27-11-16-3-6-23-7-4-16/h1-4,6-7,9,20H,5,8,10-15H2. The molecule has 0 saturated carbocycles. The smallest absolute Gasteiger partial charge is 0.254 e. The number of carbonyl (C=O) groups is 1. The van der Waals surface area contributed by atoms with Crippen LogP contribution in [0.2, 0.25) is 0 Å². The van der Waals surface area contributed by atoms with Crippen molar-refractivity contribution in [2.75, 3.05) is 19.7 Å². The van der Waals surface area contributed by atoms with Gasteiger partial charge in [0.15, 0.2) is 0 Å². The molecule has 1 spiro atoms. The highest BCUT2D eigenvalue weighted by molar-refractivity contribution is 5.95. The van der Waals surface area contributed by atoms with Gasteiger partial charge >= 0.3 is 0 Å². The zero-order valence-corrected chi connectivity index (χ0v) is 15.8.